The molecule has 7 nitrogen and oxygen atoms in total. The number of nitrogens with zero attached hydrogens (tertiary/aromatic N) is 4. The monoisotopic (exact) mass is 339 g/mol. The highest BCUT2D eigenvalue weighted by atomic mass is 16.5. The van der Waals surface area contributed by atoms with E-state index in [0.29, 0.717) is 28.3 Å². The molecular formula is C18H21N5O2. The smallest absolute Gasteiger partial charge is 0.259 e. The molecule has 0 bridgehead atoms. The first-order valence-electron chi connectivity index (χ1n) is 8.68. The maximum absolute atomic E-state index is 12.9. The molecule has 0 radical (unpaired) electrons. The molecule has 7 heteroatoms. The van der Waals surface area contributed by atoms with Crippen LogP contribution in [0.5, 0.6) is 0 Å². The predicted octanol–water partition coefficient (Wildman–Crippen LogP) is 3.12. The number of aromatic nitrogens is 4. The topological polar surface area (TPSA) is 85.8 Å². The van der Waals surface area contributed by atoms with E-state index in [1.165, 1.54) is 0 Å². The van der Waals surface area contributed by atoms with Crippen molar-refractivity contribution in [2.75, 3.05) is 0 Å². The van der Waals surface area contributed by atoms with Gasteiger partial charge < -0.3 is 9.84 Å². The van der Waals surface area contributed by atoms with E-state index in [-0.39, 0.29) is 11.9 Å². The van der Waals surface area contributed by atoms with Crippen molar-refractivity contribution >= 4 is 17.0 Å². The number of aryl methyl sites for hydroxylation is 2. The van der Waals surface area contributed by atoms with E-state index in [4.69, 9.17) is 4.52 Å². The van der Waals surface area contributed by atoms with Gasteiger partial charge in [0.05, 0.1) is 28.4 Å². The molecule has 1 aliphatic carbocycles. The Kier molecular flexibility index (Phi) is 3.78. The summed E-state index contributed by atoms with van der Waals surface area (Å²) in [5, 5.41) is 12.2. The van der Waals surface area contributed by atoms with Gasteiger partial charge in [-0.15, -0.1) is 0 Å². The van der Waals surface area contributed by atoms with Crippen LogP contribution >= 0.6 is 0 Å². The van der Waals surface area contributed by atoms with Crippen molar-refractivity contribution in [1.29, 1.82) is 0 Å². The van der Waals surface area contributed by atoms with Gasteiger partial charge >= 0.3 is 0 Å². The Morgan fingerprint density at radius 3 is 2.96 bits per heavy atom. The molecular weight excluding hydrogens is 318 g/mol. The first-order chi connectivity index (χ1) is 12.1. The highest BCUT2D eigenvalue weighted by Crippen LogP contribution is 2.40. The van der Waals surface area contributed by atoms with Crippen LogP contribution in [-0.2, 0) is 6.54 Å². The lowest BCUT2D eigenvalue weighted by Crippen LogP contribution is -2.27. The molecule has 3 heterocycles. The molecule has 25 heavy (non-hydrogen) atoms. The molecule has 0 saturated heterocycles. The van der Waals surface area contributed by atoms with Crippen LogP contribution in [-0.4, -0.2) is 25.8 Å². The molecule has 130 valence electrons. The molecule has 3 aromatic rings. The van der Waals surface area contributed by atoms with Crippen LogP contribution in [0.2, 0.25) is 0 Å². The molecule has 1 N–H and O–H groups in total. The predicted molar refractivity (Wildman–Crippen MR) is 92.3 cm³/mol. The molecule has 1 aliphatic rings. The maximum atomic E-state index is 12.9. The van der Waals surface area contributed by atoms with Gasteiger partial charge in [0.2, 0.25) is 0 Å². The third-order valence-corrected chi connectivity index (χ3v) is 4.65. The molecule has 1 fully saturated rings. The van der Waals surface area contributed by atoms with Crippen LogP contribution < -0.4 is 5.32 Å². The summed E-state index contributed by atoms with van der Waals surface area (Å²) < 4.78 is 7.15. The van der Waals surface area contributed by atoms with Gasteiger partial charge in [-0.05, 0) is 45.7 Å². The minimum Gasteiger partial charge on any atom is -0.344 e. The Morgan fingerprint density at radius 1 is 1.48 bits per heavy atom. The SMILES string of the molecule is CCn1ccc(C(C)NC(=O)c2cc(C3CC3)nc3onc(C)c23)n1. The van der Waals surface area contributed by atoms with Gasteiger partial charge in [-0.1, -0.05) is 5.16 Å². The molecule has 3 aromatic heterocycles. The minimum atomic E-state index is -0.187. The standard InChI is InChI=1S/C18H21N5O2/c1-4-23-8-7-14(21-23)10(2)19-17(24)13-9-15(12-5-6-12)20-18-16(13)11(3)22-25-18/h7-10,12H,4-6H2,1-3H3,(H,19,24). The lowest BCUT2D eigenvalue weighted by atomic mass is 10.1. The zero-order valence-corrected chi connectivity index (χ0v) is 14.6. The summed E-state index contributed by atoms with van der Waals surface area (Å²) in [5.74, 6) is 0.276. The van der Waals surface area contributed by atoms with Crippen molar-refractivity contribution < 1.29 is 9.32 Å². The van der Waals surface area contributed by atoms with E-state index in [0.717, 1.165) is 30.8 Å². The highest BCUT2D eigenvalue weighted by molar-refractivity contribution is 6.06. The second kappa shape index (κ2) is 5.98. The summed E-state index contributed by atoms with van der Waals surface area (Å²) in [7, 11) is 0. The average molecular weight is 339 g/mol. The number of carbonyl (C=O) groups excluding carboxylic acids is 1. The second-order valence-electron chi connectivity index (χ2n) is 6.61. The fraction of sp³-hybridized carbons (Fsp3) is 0.444. The van der Waals surface area contributed by atoms with E-state index < -0.39 is 0 Å². The zero-order valence-electron chi connectivity index (χ0n) is 14.6. The van der Waals surface area contributed by atoms with Gasteiger partial charge in [0.1, 0.15) is 0 Å². The Balaban J connectivity index is 1.65. The molecule has 4 rings (SSSR count). The van der Waals surface area contributed by atoms with E-state index >= 15 is 0 Å². The van der Waals surface area contributed by atoms with Crippen molar-refractivity contribution in [2.24, 2.45) is 0 Å². The first-order valence-corrected chi connectivity index (χ1v) is 8.68. The number of hydrogen-bond donors (Lipinski definition) is 1. The van der Waals surface area contributed by atoms with Crippen molar-refractivity contribution in [3.8, 4) is 0 Å². The summed E-state index contributed by atoms with van der Waals surface area (Å²) >= 11 is 0. The molecule has 1 amide bonds. The van der Waals surface area contributed by atoms with Crippen LogP contribution in [0.1, 0.15) is 66.1 Å². The van der Waals surface area contributed by atoms with E-state index in [1.807, 2.05) is 43.8 Å². The van der Waals surface area contributed by atoms with Crippen molar-refractivity contribution in [2.45, 2.75) is 52.1 Å². The van der Waals surface area contributed by atoms with Gasteiger partial charge in [-0.2, -0.15) is 5.10 Å². The third kappa shape index (κ3) is 2.90. The van der Waals surface area contributed by atoms with E-state index in [9.17, 15) is 4.79 Å². The number of nitrogens with one attached hydrogen (secondary N) is 1. The number of carbonyl (C=O) groups is 1. The van der Waals surface area contributed by atoms with Crippen LogP contribution in [0.25, 0.3) is 11.1 Å². The third-order valence-electron chi connectivity index (χ3n) is 4.65. The van der Waals surface area contributed by atoms with Crippen LogP contribution in [0.4, 0.5) is 0 Å². The number of hydrogen-bond acceptors (Lipinski definition) is 5. The summed E-state index contributed by atoms with van der Waals surface area (Å²) in [5.41, 5.74) is 3.45. The summed E-state index contributed by atoms with van der Waals surface area (Å²) in [6, 6.07) is 3.63. The van der Waals surface area contributed by atoms with Crippen molar-refractivity contribution in [3.63, 3.8) is 0 Å². The fourth-order valence-corrected chi connectivity index (χ4v) is 3.01. The van der Waals surface area contributed by atoms with Gasteiger partial charge in [0, 0.05) is 24.4 Å². The molecule has 0 aromatic carbocycles. The maximum Gasteiger partial charge on any atom is 0.259 e. The Bertz CT molecular complexity index is 938. The first kappa shape index (κ1) is 15.8. The largest absolute Gasteiger partial charge is 0.344 e. The Labute approximate surface area is 145 Å². The van der Waals surface area contributed by atoms with Crippen LogP contribution in [0.15, 0.2) is 22.9 Å². The van der Waals surface area contributed by atoms with Crippen LogP contribution in [0.3, 0.4) is 0 Å². The zero-order chi connectivity index (χ0) is 17.6. The number of pyridine rings is 1. The van der Waals surface area contributed by atoms with Gasteiger partial charge in [-0.3, -0.25) is 9.48 Å². The highest BCUT2D eigenvalue weighted by Gasteiger charge is 2.29. The lowest BCUT2D eigenvalue weighted by molar-refractivity contribution is 0.0940. The van der Waals surface area contributed by atoms with Crippen molar-refractivity contribution in [3.05, 3.63) is 41.0 Å². The Hall–Kier alpha value is -2.70. The normalized spacial score (nSPS) is 15.5. The average Bonchev–Trinajstić information content (AvgIpc) is 3.23. The Morgan fingerprint density at radius 2 is 2.28 bits per heavy atom. The van der Waals surface area contributed by atoms with Crippen LogP contribution in [0, 0.1) is 6.92 Å². The molecule has 1 atom stereocenters. The number of amides is 1. The lowest BCUT2D eigenvalue weighted by Gasteiger charge is -2.13. The van der Waals surface area contributed by atoms with Crippen molar-refractivity contribution in [1.82, 2.24) is 25.2 Å². The summed E-state index contributed by atoms with van der Waals surface area (Å²) in [6.45, 7) is 6.59. The second-order valence-corrected chi connectivity index (χ2v) is 6.61. The molecule has 1 saturated carbocycles. The fourth-order valence-electron chi connectivity index (χ4n) is 3.01. The van der Waals surface area contributed by atoms with E-state index in [1.54, 1.807) is 0 Å². The van der Waals surface area contributed by atoms with Gasteiger partial charge in [0.15, 0.2) is 0 Å². The molecule has 1 unspecified atom stereocenters. The minimum absolute atomic E-state index is 0.154. The molecule has 0 spiro atoms. The summed E-state index contributed by atoms with van der Waals surface area (Å²) in [6.07, 6.45) is 4.13. The number of fused-ring (bicyclic) bond motifs is 1. The number of rotatable bonds is 5. The van der Waals surface area contributed by atoms with Gasteiger partial charge in [0.25, 0.3) is 11.6 Å². The van der Waals surface area contributed by atoms with Gasteiger partial charge in [-0.25, -0.2) is 4.98 Å². The molecule has 0 aliphatic heterocycles. The van der Waals surface area contributed by atoms with E-state index in [2.05, 4.69) is 20.6 Å². The summed E-state index contributed by atoms with van der Waals surface area (Å²) in [4.78, 5) is 17.4. The quantitative estimate of drug-likeness (QED) is 0.772.